The van der Waals surface area contributed by atoms with Crippen LogP contribution in [0.25, 0.3) is 0 Å². The molecule has 1 N–H and O–H groups in total. The van der Waals surface area contributed by atoms with Crippen molar-refractivity contribution >= 4 is 5.91 Å². The number of benzene rings is 1. The van der Waals surface area contributed by atoms with Gasteiger partial charge in [-0.3, -0.25) is 9.78 Å². The quantitative estimate of drug-likeness (QED) is 0.849. The minimum atomic E-state index is -0.559. The third-order valence-corrected chi connectivity index (χ3v) is 2.87. The van der Waals surface area contributed by atoms with Gasteiger partial charge in [-0.1, -0.05) is 24.3 Å². The third-order valence-electron chi connectivity index (χ3n) is 2.87. The number of aromatic nitrogens is 1. The molecule has 1 aromatic carbocycles. The molecule has 1 aromatic heterocycles. The van der Waals surface area contributed by atoms with Crippen molar-refractivity contribution in [3.63, 3.8) is 0 Å². The average molecular weight is 270 g/mol. The Bertz CT molecular complexity index is 581. The molecular formula is C16H15FN2O. The van der Waals surface area contributed by atoms with Crippen LogP contribution in [0.4, 0.5) is 4.39 Å². The van der Waals surface area contributed by atoms with E-state index in [1.807, 2.05) is 6.07 Å². The van der Waals surface area contributed by atoms with Gasteiger partial charge >= 0.3 is 0 Å². The summed E-state index contributed by atoms with van der Waals surface area (Å²) in [6, 6.07) is 11.3. The molecule has 2 rings (SSSR count). The molecule has 20 heavy (non-hydrogen) atoms. The molecule has 0 saturated carbocycles. The molecule has 1 heterocycles. The predicted molar refractivity (Wildman–Crippen MR) is 75.7 cm³/mol. The van der Waals surface area contributed by atoms with Crippen LogP contribution in [-0.2, 0) is 4.79 Å². The van der Waals surface area contributed by atoms with Crippen LogP contribution in [0.3, 0.4) is 0 Å². The highest BCUT2D eigenvalue weighted by Crippen LogP contribution is 2.23. The van der Waals surface area contributed by atoms with Crippen LogP contribution in [0.1, 0.15) is 17.2 Å². The molecule has 0 aliphatic heterocycles. The largest absolute Gasteiger partial charge is 0.352 e. The van der Waals surface area contributed by atoms with Gasteiger partial charge in [0.15, 0.2) is 0 Å². The summed E-state index contributed by atoms with van der Waals surface area (Å²) in [5.74, 6) is -1.08. The first-order valence-electron chi connectivity index (χ1n) is 6.27. The van der Waals surface area contributed by atoms with E-state index in [0.29, 0.717) is 17.8 Å². The Hall–Kier alpha value is -2.49. The van der Waals surface area contributed by atoms with Crippen LogP contribution >= 0.6 is 0 Å². The summed E-state index contributed by atoms with van der Waals surface area (Å²) in [5, 5.41) is 2.75. The van der Waals surface area contributed by atoms with Crippen molar-refractivity contribution in [2.45, 2.75) is 5.92 Å². The fraction of sp³-hybridized carbons (Fsp3) is 0.125. The van der Waals surface area contributed by atoms with Crippen molar-refractivity contribution < 1.29 is 9.18 Å². The van der Waals surface area contributed by atoms with E-state index in [0.717, 1.165) is 0 Å². The van der Waals surface area contributed by atoms with Gasteiger partial charge in [-0.2, -0.15) is 0 Å². The second-order valence-electron chi connectivity index (χ2n) is 4.27. The Kier molecular flexibility index (Phi) is 4.60. The summed E-state index contributed by atoms with van der Waals surface area (Å²) < 4.78 is 13.0. The van der Waals surface area contributed by atoms with Crippen LogP contribution in [0.5, 0.6) is 0 Å². The number of carbonyl (C=O) groups is 1. The van der Waals surface area contributed by atoms with E-state index < -0.39 is 5.92 Å². The highest BCUT2D eigenvalue weighted by Gasteiger charge is 2.23. The number of nitrogens with zero attached hydrogens (tertiary/aromatic N) is 1. The van der Waals surface area contributed by atoms with Gasteiger partial charge in [0.1, 0.15) is 11.7 Å². The number of hydrogen-bond donors (Lipinski definition) is 1. The number of rotatable bonds is 5. The van der Waals surface area contributed by atoms with E-state index in [1.54, 1.807) is 36.5 Å². The van der Waals surface area contributed by atoms with Gasteiger partial charge in [-0.25, -0.2) is 4.39 Å². The lowest BCUT2D eigenvalue weighted by Crippen LogP contribution is -2.30. The van der Waals surface area contributed by atoms with E-state index in [4.69, 9.17) is 0 Å². The van der Waals surface area contributed by atoms with E-state index in [1.165, 1.54) is 12.1 Å². The highest BCUT2D eigenvalue weighted by molar-refractivity contribution is 5.86. The number of nitrogens with one attached hydrogen (secondary N) is 1. The van der Waals surface area contributed by atoms with Gasteiger partial charge in [0.2, 0.25) is 5.91 Å². The Morgan fingerprint density at radius 1 is 1.30 bits per heavy atom. The Morgan fingerprint density at radius 2 is 2.05 bits per heavy atom. The van der Waals surface area contributed by atoms with E-state index >= 15 is 0 Å². The average Bonchev–Trinajstić information content (AvgIpc) is 2.48. The molecule has 2 aromatic rings. The summed E-state index contributed by atoms with van der Waals surface area (Å²) in [5.41, 5.74) is 1.33. The van der Waals surface area contributed by atoms with Crippen LogP contribution in [-0.4, -0.2) is 17.4 Å². The van der Waals surface area contributed by atoms with Gasteiger partial charge in [0.05, 0.1) is 5.69 Å². The maximum Gasteiger partial charge on any atom is 0.233 e. The predicted octanol–water partition coefficient (Wildman–Crippen LogP) is 2.65. The summed E-state index contributed by atoms with van der Waals surface area (Å²) in [4.78, 5) is 16.5. The van der Waals surface area contributed by atoms with Crippen molar-refractivity contribution in [1.29, 1.82) is 0 Å². The lowest BCUT2D eigenvalue weighted by atomic mass is 9.94. The fourth-order valence-corrected chi connectivity index (χ4v) is 1.93. The van der Waals surface area contributed by atoms with Crippen LogP contribution in [0.2, 0.25) is 0 Å². The number of carbonyl (C=O) groups excluding carboxylic acids is 1. The van der Waals surface area contributed by atoms with Crippen molar-refractivity contribution in [3.8, 4) is 0 Å². The molecule has 1 unspecified atom stereocenters. The molecule has 1 atom stereocenters. The third kappa shape index (κ3) is 3.29. The van der Waals surface area contributed by atoms with Gasteiger partial charge in [-0.05, 0) is 29.8 Å². The van der Waals surface area contributed by atoms with Crippen molar-refractivity contribution in [2.75, 3.05) is 6.54 Å². The number of pyridine rings is 1. The van der Waals surface area contributed by atoms with Crippen LogP contribution < -0.4 is 5.32 Å². The lowest BCUT2D eigenvalue weighted by Gasteiger charge is -2.16. The normalized spacial score (nSPS) is 11.7. The molecule has 0 bridgehead atoms. The Morgan fingerprint density at radius 3 is 2.65 bits per heavy atom. The molecule has 0 spiro atoms. The maximum atomic E-state index is 13.0. The highest BCUT2D eigenvalue weighted by atomic mass is 19.1. The first-order valence-corrected chi connectivity index (χ1v) is 6.27. The lowest BCUT2D eigenvalue weighted by molar-refractivity contribution is -0.121. The zero-order valence-corrected chi connectivity index (χ0v) is 10.9. The zero-order valence-electron chi connectivity index (χ0n) is 10.9. The van der Waals surface area contributed by atoms with E-state index in [-0.39, 0.29) is 11.7 Å². The molecular weight excluding hydrogens is 255 g/mol. The van der Waals surface area contributed by atoms with Crippen LogP contribution in [0.15, 0.2) is 61.3 Å². The van der Waals surface area contributed by atoms with Gasteiger partial charge in [-0.15, -0.1) is 6.58 Å². The summed E-state index contributed by atoms with van der Waals surface area (Å²) in [7, 11) is 0. The van der Waals surface area contributed by atoms with Gasteiger partial charge in [0.25, 0.3) is 0 Å². The summed E-state index contributed by atoms with van der Waals surface area (Å²) >= 11 is 0. The van der Waals surface area contributed by atoms with E-state index in [9.17, 15) is 9.18 Å². The van der Waals surface area contributed by atoms with Crippen molar-refractivity contribution in [3.05, 3.63) is 78.4 Å². The molecule has 102 valence electrons. The fourth-order valence-electron chi connectivity index (χ4n) is 1.93. The molecule has 0 saturated heterocycles. The smallest absolute Gasteiger partial charge is 0.233 e. The first kappa shape index (κ1) is 13.9. The minimum absolute atomic E-state index is 0.185. The second kappa shape index (κ2) is 6.61. The zero-order chi connectivity index (χ0) is 14.4. The first-order chi connectivity index (χ1) is 9.72. The van der Waals surface area contributed by atoms with Crippen LogP contribution in [0, 0.1) is 5.82 Å². The monoisotopic (exact) mass is 270 g/mol. The molecule has 4 heteroatoms. The molecule has 0 aliphatic carbocycles. The Balaban J connectivity index is 2.36. The molecule has 0 radical (unpaired) electrons. The number of amides is 1. The molecule has 0 aliphatic rings. The summed E-state index contributed by atoms with van der Waals surface area (Å²) in [6.07, 6.45) is 3.24. The standard InChI is InChI=1S/C16H15FN2O/c1-2-10-19-16(20)15(14-5-3-4-11-18-14)12-6-8-13(17)9-7-12/h2-9,11,15H,1,10H2,(H,19,20). The number of halogens is 1. The Labute approximate surface area is 117 Å². The maximum absolute atomic E-state index is 13.0. The summed E-state index contributed by atoms with van der Waals surface area (Å²) in [6.45, 7) is 3.95. The molecule has 3 nitrogen and oxygen atoms in total. The number of hydrogen-bond acceptors (Lipinski definition) is 2. The van der Waals surface area contributed by atoms with Gasteiger partial charge < -0.3 is 5.32 Å². The van der Waals surface area contributed by atoms with Gasteiger partial charge in [0, 0.05) is 12.7 Å². The topological polar surface area (TPSA) is 42.0 Å². The van der Waals surface area contributed by atoms with Crippen molar-refractivity contribution in [1.82, 2.24) is 10.3 Å². The van der Waals surface area contributed by atoms with E-state index in [2.05, 4.69) is 16.9 Å². The van der Waals surface area contributed by atoms with Crippen molar-refractivity contribution in [2.24, 2.45) is 0 Å². The molecule has 1 amide bonds. The second-order valence-corrected chi connectivity index (χ2v) is 4.27. The molecule has 0 fully saturated rings. The SMILES string of the molecule is C=CCNC(=O)C(c1ccc(F)cc1)c1ccccn1. The minimum Gasteiger partial charge on any atom is -0.352 e.